The zero-order valence-corrected chi connectivity index (χ0v) is 15.0. The summed E-state index contributed by atoms with van der Waals surface area (Å²) in [6.45, 7) is 0.506. The van der Waals surface area contributed by atoms with E-state index in [0.717, 1.165) is 16.8 Å². The molecule has 0 aromatic heterocycles. The van der Waals surface area contributed by atoms with Crippen molar-refractivity contribution in [3.8, 4) is 0 Å². The van der Waals surface area contributed by atoms with Crippen molar-refractivity contribution in [1.29, 1.82) is 0 Å². The lowest BCUT2D eigenvalue weighted by atomic mass is 9.91. The number of benzene rings is 2. The summed E-state index contributed by atoms with van der Waals surface area (Å²) in [5.74, 6) is -0.803. The van der Waals surface area contributed by atoms with E-state index >= 15 is 0 Å². The molecule has 1 aliphatic rings. The number of Topliss-reactive ketones (excluding diaryl/α,β-unsaturated/α-hetero) is 1. The summed E-state index contributed by atoms with van der Waals surface area (Å²) in [5, 5.41) is 4.26. The number of allylic oxidation sites excluding steroid dienone is 2. The Morgan fingerprint density at radius 1 is 0.960 bits per heavy atom. The molecule has 25 heavy (non-hydrogen) atoms. The van der Waals surface area contributed by atoms with E-state index in [4.69, 9.17) is 23.2 Å². The SMILES string of the molecule is O=C1C=C(NCc2ccc(Cl)c(Cl)c2)C[C@H](c2ccccc2)CC1=O. The first-order valence-electron chi connectivity index (χ1n) is 8.03. The number of carbonyl (C=O) groups excluding carboxylic acids is 2. The monoisotopic (exact) mass is 373 g/mol. The number of halogens is 2. The second-order valence-corrected chi connectivity index (χ2v) is 6.89. The van der Waals surface area contributed by atoms with E-state index in [2.05, 4.69) is 5.32 Å². The minimum absolute atomic E-state index is 0.00675. The molecule has 3 nitrogen and oxygen atoms in total. The molecular weight excluding hydrogens is 357 g/mol. The van der Waals surface area contributed by atoms with Gasteiger partial charge in [0.2, 0.25) is 11.6 Å². The minimum atomic E-state index is -0.449. The lowest BCUT2D eigenvalue weighted by Crippen LogP contribution is -2.15. The van der Waals surface area contributed by atoms with Crippen LogP contribution in [-0.4, -0.2) is 11.6 Å². The normalized spacial score (nSPS) is 17.8. The van der Waals surface area contributed by atoms with Crippen molar-refractivity contribution in [3.05, 3.63) is 81.5 Å². The zero-order chi connectivity index (χ0) is 17.8. The van der Waals surface area contributed by atoms with E-state index in [0.29, 0.717) is 23.0 Å². The Labute approximate surface area is 156 Å². The van der Waals surface area contributed by atoms with Crippen LogP contribution in [0.2, 0.25) is 10.0 Å². The molecule has 2 aromatic rings. The van der Waals surface area contributed by atoms with E-state index < -0.39 is 5.78 Å². The Morgan fingerprint density at radius 3 is 2.44 bits per heavy atom. The predicted molar refractivity (Wildman–Crippen MR) is 99.8 cm³/mol. The molecule has 0 heterocycles. The molecule has 3 rings (SSSR count). The van der Waals surface area contributed by atoms with Crippen molar-refractivity contribution in [2.24, 2.45) is 0 Å². The molecule has 128 valence electrons. The van der Waals surface area contributed by atoms with E-state index in [1.54, 1.807) is 12.1 Å². The standard InChI is InChI=1S/C20H17Cl2NO2/c21-17-7-6-13(8-18(17)22)12-23-16-9-15(10-19(24)20(25)11-16)14-4-2-1-3-5-14/h1-8,11,15,23H,9-10,12H2/t15-/m0/s1. The minimum Gasteiger partial charge on any atom is -0.384 e. The second kappa shape index (κ2) is 7.85. The van der Waals surface area contributed by atoms with E-state index in [-0.39, 0.29) is 18.1 Å². The maximum absolute atomic E-state index is 12.0. The maximum atomic E-state index is 12.0. The van der Waals surface area contributed by atoms with Gasteiger partial charge in [0, 0.05) is 24.7 Å². The van der Waals surface area contributed by atoms with Crippen LogP contribution in [0.1, 0.15) is 29.9 Å². The summed E-state index contributed by atoms with van der Waals surface area (Å²) in [5.41, 5.74) is 2.78. The van der Waals surface area contributed by atoms with Crippen molar-refractivity contribution in [2.45, 2.75) is 25.3 Å². The van der Waals surface area contributed by atoms with Crippen LogP contribution in [0.5, 0.6) is 0 Å². The van der Waals surface area contributed by atoms with Crippen LogP contribution < -0.4 is 5.32 Å². The molecule has 0 saturated heterocycles. The molecule has 0 saturated carbocycles. The molecule has 0 aliphatic heterocycles. The summed E-state index contributed by atoms with van der Waals surface area (Å²) in [7, 11) is 0. The van der Waals surface area contributed by atoms with Gasteiger partial charge in [-0.05, 0) is 35.6 Å². The van der Waals surface area contributed by atoms with Gasteiger partial charge in [0.05, 0.1) is 10.0 Å². The maximum Gasteiger partial charge on any atom is 0.223 e. The fourth-order valence-corrected chi connectivity index (χ4v) is 3.23. The lowest BCUT2D eigenvalue weighted by Gasteiger charge is -2.17. The van der Waals surface area contributed by atoms with Gasteiger partial charge in [0.1, 0.15) is 0 Å². The Hall–Kier alpha value is -2.10. The Morgan fingerprint density at radius 2 is 1.72 bits per heavy atom. The van der Waals surface area contributed by atoms with Crippen molar-refractivity contribution in [2.75, 3.05) is 0 Å². The fraction of sp³-hybridized carbons (Fsp3) is 0.200. The topological polar surface area (TPSA) is 46.2 Å². The number of carbonyl (C=O) groups is 2. The molecule has 0 spiro atoms. The summed E-state index contributed by atoms with van der Waals surface area (Å²) in [4.78, 5) is 24.1. The van der Waals surface area contributed by atoms with Crippen LogP contribution in [0.25, 0.3) is 0 Å². The Kier molecular flexibility index (Phi) is 5.57. The first kappa shape index (κ1) is 17.7. The third-order valence-corrected chi connectivity index (χ3v) is 4.99. The molecule has 0 unspecified atom stereocenters. The first-order valence-corrected chi connectivity index (χ1v) is 8.79. The van der Waals surface area contributed by atoms with Crippen LogP contribution in [0.4, 0.5) is 0 Å². The quantitative estimate of drug-likeness (QED) is 0.791. The van der Waals surface area contributed by atoms with Gasteiger partial charge >= 0.3 is 0 Å². The molecule has 1 N–H and O–H groups in total. The largest absolute Gasteiger partial charge is 0.384 e. The average Bonchev–Trinajstić information content (AvgIpc) is 2.76. The van der Waals surface area contributed by atoms with Crippen LogP contribution in [0, 0.1) is 0 Å². The van der Waals surface area contributed by atoms with Gasteiger partial charge in [-0.25, -0.2) is 0 Å². The smallest absolute Gasteiger partial charge is 0.223 e. The third kappa shape index (κ3) is 4.50. The van der Waals surface area contributed by atoms with Crippen LogP contribution >= 0.6 is 23.2 Å². The van der Waals surface area contributed by atoms with Gasteiger partial charge in [-0.1, -0.05) is 59.6 Å². The first-order chi connectivity index (χ1) is 12.0. The molecule has 0 radical (unpaired) electrons. The lowest BCUT2D eigenvalue weighted by molar-refractivity contribution is -0.133. The van der Waals surface area contributed by atoms with Gasteiger partial charge < -0.3 is 5.32 Å². The van der Waals surface area contributed by atoms with Gasteiger partial charge in [0.25, 0.3) is 0 Å². The summed E-state index contributed by atoms with van der Waals surface area (Å²) >= 11 is 12.0. The number of rotatable bonds is 4. The van der Waals surface area contributed by atoms with Crippen molar-refractivity contribution < 1.29 is 9.59 Å². The molecule has 5 heteroatoms. The second-order valence-electron chi connectivity index (χ2n) is 6.07. The molecule has 0 fully saturated rings. The number of ketones is 2. The number of nitrogens with one attached hydrogen (secondary N) is 1. The van der Waals surface area contributed by atoms with Crippen molar-refractivity contribution >= 4 is 34.8 Å². The van der Waals surface area contributed by atoms with Crippen molar-refractivity contribution in [3.63, 3.8) is 0 Å². The highest BCUT2D eigenvalue weighted by Gasteiger charge is 2.25. The van der Waals surface area contributed by atoms with Crippen LogP contribution in [0.3, 0.4) is 0 Å². The van der Waals surface area contributed by atoms with E-state index in [9.17, 15) is 9.59 Å². The van der Waals surface area contributed by atoms with Crippen molar-refractivity contribution in [1.82, 2.24) is 5.32 Å². The van der Waals surface area contributed by atoms with Gasteiger partial charge in [-0.3, -0.25) is 9.59 Å². The Balaban J connectivity index is 1.76. The highest BCUT2D eigenvalue weighted by molar-refractivity contribution is 6.42. The molecule has 0 amide bonds. The summed E-state index contributed by atoms with van der Waals surface area (Å²) in [6, 6.07) is 15.2. The van der Waals surface area contributed by atoms with Gasteiger partial charge in [-0.15, -0.1) is 0 Å². The van der Waals surface area contributed by atoms with E-state index in [1.807, 2.05) is 36.4 Å². The predicted octanol–water partition coefficient (Wildman–Crippen LogP) is 4.68. The van der Waals surface area contributed by atoms with Crippen LogP contribution in [-0.2, 0) is 16.1 Å². The molecule has 2 aromatic carbocycles. The zero-order valence-electron chi connectivity index (χ0n) is 13.5. The summed E-state index contributed by atoms with van der Waals surface area (Å²) in [6.07, 6.45) is 2.27. The van der Waals surface area contributed by atoms with Gasteiger partial charge in [-0.2, -0.15) is 0 Å². The van der Waals surface area contributed by atoms with E-state index in [1.165, 1.54) is 6.08 Å². The Bertz CT molecular complexity index is 831. The fourth-order valence-electron chi connectivity index (χ4n) is 2.91. The highest BCUT2D eigenvalue weighted by Crippen LogP contribution is 2.29. The summed E-state index contributed by atoms with van der Waals surface area (Å²) < 4.78 is 0. The van der Waals surface area contributed by atoms with Gasteiger partial charge in [0.15, 0.2) is 0 Å². The highest BCUT2D eigenvalue weighted by atomic mass is 35.5. The molecule has 0 bridgehead atoms. The number of hydrogen-bond acceptors (Lipinski definition) is 3. The third-order valence-electron chi connectivity index (χ3n) is 4.25. The average molecular weight is 374 g/mol. The number of hydrogen-bond donors (Lipinski definition) is 1. The molecule has 1 aliphatic carbocycles. The molecule has 1 atom stereocenters. The molecular formula is C20H17Cl2NO2. The van der Waals surface area contributed by atoms with Crippen LogP contribution in [0.15, 0.2) is 60.3 Å².